The highest BCUT2D eigenvalue weighted by Crippen LogP contribution is 2.27. The van der Waals surface area contributed by atoms with Crippen LogP contribution in [0.2, 0.25) is 0 Å². The molecule has 1 atom stereocenters. The highest BCUT2D eigenvalue weighted by atomic mass is 32.2. The SMILES string of the molecule is Cc1ccccc1S(=O)(=O)NC(CN)C1CCCCC1. The van der Waals surface area contributed by atoms with E-state index >= 15 is 0 Å². The van der Waals surface area contributed by atoms with Gasteiger partial charge in [-0.3, -0.25) is 0 Å². The first kappa shape index (κ1) is 15.5. The normalized spacial score (nSPS) is 18.9. The number of nitrogens with two attached hydrogens (primary N) is 1. The molecule has 1 fully saturated rings. The first-order chi connectivity index (χ1) is 9.54. The monoisotopic (exact) mass is 296 g/mol. The minimum absolute atomic E-state index is 0.153. The van der Waals surface area contributed by atoms with E-state index in [1.54, 1.807) is 12.1 Å². The lowest BCUT2D eigenvalue weighted by atomic mass is 9.84. The van der Waals surface area contributed by atoms with Gasteiger partial charge in [0, 0.05) is 12.6 Å². The van der Waals surface area contributed by atoms with Crippen LogP contribution in [0.5, 0.6) is 0 Å². The Hall–Kier alpha value is -0.910. The Morgan fingerprint density at radius 1 is 1.25 bits per heavy atom. The Morgan fingerprint density at radius 3 is 2.50 bits per heavy atom. The van der Waals surface area contributed by atoms with Crippen LogP contribution in [0.1, 0.15) is 37.7 Å². The standard InChI is InChI=1S/C15H24N2O2S/c1-12-7-5-6-10-15(12)20(18,19)17-14(11-16)13-8-3-2-4-9-13/h5-7,10,13-14,17H,2-4,8-9,11,16H2,1H3. The minimum atomic E-state index is -3.48. The third kappa shape index (κ3) is 3.59. The Labute approximate surface area is 121 Å². The van der Waals surface area contributed by atoms with Gasteiger partial charge in [-0.25, -0.2) is 13.1 Å². The fourth-order valence-corrected chi connectivity index (χ4v) is 4.56. The molecule has 0 spiro atoms. The van der Waals surface area contributed by atoms with Crippen molar-refractivity contribution in [1.29, 1.82) is 0 Å². The van der Waals surface area contributed by atoms with Gasteiger partial charge < -0.3 is 5.73 Å². The van der Waals surface area contributed by atoms with Crippen LogP contribution in [0.4, 0.5) is 0 Å². The number of hydrogen-bond donors (Lipinski definition) is 2. The minimum Gasteiger partial charge on any atom is -0.329 e. The van der Waals surface area contributed by atoms with Gasteiger partial charge in [0.25, 0.3) is 0 Å². The first-order valence-electron chi connectivity index (χ1n) is 7.32. The van der Waals surface area contributed by atoms with E-state index in [4.69, 9.17) is 5.73 Å². The summed E-state index contributed by atoms with van der Waals surface area (Å²) in [6.07, 6.45) is 5.73. The molecule has 0 saturated heterocycles. The fraction of sp³-hybridized carbons (Fsp3) is 0.600. The molecule has 0 aliphatic heterocycles. The lowest BCUT2D eigenvalue weighted by molar-refractivity contribution is 0.294. The molecule has 112 valence electrons. The number of nitrogens with one attached hydrogen (secondary N) is 1. The second-order valence-electron chi connectivity index (χ2n) is 5.63. The summed E-state index contributed by atoms with van der Waals surface area (Å²) in [5.41, 5.74) is 6.56. The topological polar surface area (TPSA) is 72.2 Å². The maximum Gasteiger partial charge on any atom is 0.241 e. The predicted octanol–water partition coefficient (Wildman–Crippen LogP) is 2.18. The van der Waals surface area contributed by atoms with E-state index in [1.165, 1.54) is 19.3 Å². The average Bonchev–Trinajstić information content (AvgIpc) is 2.46. The maximum absolute atomic E-state index is 12.5. The number of aryl methyl sites for hydroxylation is 1. The molecule has 0 amide bonds. The quantitative estimate of drug-likeness (QED) is 0.875. The number of sulfonamides is 1. The van der Waals surface area contributed by atoms with Gasteiger partial charge in [0.15, 0.2) is 0 Å². The molecule has 0 heterocycles. The summed E-state index contributed by atoms with van der Waals surface area (Å²) in [5, 5.41) is 0. The molecule has 5 heteroatoms. The van der Waals surface area contributed by atoms with Crippen LogP contribution in [0.15, 0.2) is 29.2 Å². The van der Waals surface area contributed by atoms with Crippen LogP contribution in [-0.2, 0) is 10.0 Å². The molecule has 0 radical (unpaired) electrons. The molecule has 1 aromatic carbocycles. The first-order valence-corrected chi connectivity index (χ1v) is 8.81. The van der Waals surface area contributed by atoms with Crippen molar-refractivity contribution in [3.05, 3.63) is 29.8 Å². The highest BCUT2D eigenvalue weighted by molar-refractivity contribution is 7.89. The van der Waals surface area contributed by atoms with Crippen molar-refractivity contribution in [3.8, 4) is 0 Å². The molecule has 1 aromatic rings. The van der Waals surface area contributed by atoms with Gasteiger partial charge in [-0.05, 0) is 37.3 Å². The molecule has 0 aromatic heterocycles. The Bertz CT molecular complexity index is 537. The zero-order valence-electron chi connectivity index (χ0n) is 12.0. The van der Waals surface area contributed by atoms with Crippen LogP contribution in [0, 0.1) is 12.8 Å². The zero-order valence-corrected chi connectivity index (χ0v) is 12.8. The lowest BCUT2D eigenvalue weighted by Gasteiger charge is -2.30. The molecular weight excluding hydrogens is 272 g/mol. The van der Waals surface area contributed by atoms with Gasteiger partial charge in [0.1, 0.15) is 0 Å². The summed E-state index contributed by atoms with van der Waals surface area (Å²) in [4.78, 5) is 0.356. The fourth-order valence-electron chi connectivity index (χ4n) is 2.99. The lowest BCUT2D eigenvalue weighted by Crippen LogP contribution is -2.45. The van der Waals surface area contributed by atoms with E-state index < -0.39 is 10.0 Å². The highest BCUT2D eigenvalue weighted by Gasteiger charge is 2.27. The van der Waals surface area contributed by atoms with Gasteiger partial charge in [-0.2, -0.15) is 0 Å². The van der Waals surface area contributed by atoms with E-state index in [0.717, 1.165) is 18.4 Å². The van der Waals surface area contributed by atoms with Crippen LogP contribution < -0.4 is 10.5 Å². The van der Waals surface area contributed by atoms with E-state index in [-0.39, 0.29) is 6.04 Å². The van der Waals surface area contributed by atoms with E-state index in [0.29, 0.717) is 17.4 Å². The summed E-state index contributed by atoms with van der Waals surface area (Å²) in [6, 6.07) is 6.90. The van der Waals surface area contributed by atoms with Crippen molar-refractivity contribution in [1.82, 2.24) is 4.72 Å². The molecule has 1 aliphatic rings. The molecule has 20 heavy (non-hydrogen) atoms. The summed E-state index contributed by atoms with van der Waals surface area (Å²) < 4.78 is 27.8. The van der Waals surface area contributed by atoms with E-state index in [9.17, 15) is 8.42 Å². The smallest absolute Gasteiger partial charge is 0.241 e. The molecule has 2 rings (SSSR count). The third-order valence-corrected chi connectivity index (χ3v) is 5.81. The molecule has 3 N–H and O–H groups in total. The van der Waals surface area contributed by atoms with Crippen LogP contribution in [-0.4, -0.2) is 21.0 Å². The Balaban J connectivity index is 2.15. The molecule has 4 nitrogen and oxygen atoms in total. The third-order valence-electron chi connectivity index (χ3n) is 4.16. The molecule has 1 aliphatic carbocycles. The van der Waals surface area contributed by atoms with Crippen LogP contribution >= 0.6 is 0 Å². The van der Waals surface area contributed by atoms with Gasteiger partial charge in [-0.1, -0.05) is 37.5 Å². The molecular formula is C15H24N2O2S. The second-order valence-corrected chi connectivity index (χ2v) is 7.31. The van der Waals surface area contributed by atoms with Gasteiger partial charge in [-0.15, -0.1) is 0 Å². The van der Waals surface area contributed by atoms with E-state index in [1.807, 2.05) is 19.1 Å². The van der Waals surface area contributed by atoms with Gasteiger partial charge >= 0.3 is 0 Å². The molecule has 1 saturated carbocycles. The van der Waals surface area contributed by atoms with Crippen molar-refractivity contribution < 1.29 is 8.42 Å². The molecule has 1 unspecified atom stereocenters. The van der Waals surface area contributed by atoms with Crippen molar-refractivity contribution in [2.24, 2.45) is 11.7 Å². The second kappa shape index (κ2) is 6.70. The summed E-state index contributed by atoms with van der Waals surface area (Å²) in [7, 11) is -3.48. The summed E-state index contributed by atoms with van der Waals surface area (Å²) >= 11 is 0. The Kier molecular flexibility index (Phi) is 5.18. The number of benzene rings is 1. The predicted molar refractivity (Wildman–Crippen MR) is 80.9 cm³/mol. The summed E-state index contributed by atoms with van der Waals surface area (Å²) in [6.45, 7) is 2.17. The number of rotatable bonds is 5. The maximum atomic E-state index is 12.5. The van der Waals surface area contributed by atoms with Crippen molar-refractivity contribution in [2.75, 3.05) is 6.54 Å². The summed E-state index contributed by atoms with van der Waals surface area (Å²) in [5.74, 6) is 0.368. The van der Waals surface area contributed by atoms with Crippen molar-refractivity contribution >= 4 is 10.0 Å². The van der Waals surface area contributed by atoms with Gasteiger partial charge in [0.05, 0.1) is 4.90 Å². The van der Waals surface area contributed by atoms with E-state index in [2.05, 4.69) is 4.72 Å². The van der Waals surface area contributed by atoms with Crippen molar-refractivity contribution in [3.63, 3.8) is 0 Å². The zero-order chi connectivity index (χ0) is 14.6. The van der Waals surface area contributed by atoms with Crippen molar-refractivity contribution in [2.45, 2.75) is 50.0 Å². The largest absolute Gasteiger partial charge is 0.329 e. The van der Waals surface area contributed by atoms with Gasteiger partial charge in [0.2, 0.25) is 10.0 Å². The Morgan fingerprint density at radius 2 is 1.90 bits per heavy atom. The van der Waals surface area contributed by atoms with Crippen LogP contribution in [0.3, 0.4) is 0 Å². The number of hydrogen-bond acceptors (Lipinski definition) is 3. The molecule has 0 bridgehead atoms. The average molecular weight is 296 g/mol. The van der Waals surface area contributed by atoms with Crippen LogP contribution in [0.25, 0.3) is 0 Å².